The van der Waals surface area contributed by atoms with Gasteiger partial charge >= 0.3 is 7.12 Å². The van der Waals surface area contributed by atoms with Crippen LogP contribution < -0.4 is 5.32 Å². The maximum atomic E-state index is 14.0. The molecule has 4 fully saturated rings. The number of amides is 1. The van der Waals surface area contributed by atoms with E-state index in [0.29, 0.717) is 34.2 Å². The van der Waals surface area contributed by atoms with E-state index in [1.807, 2.05) is 41.0 Å². The molecule has 2 bridgehead atoms. The van der Waals surface area contributed by atoms with Crippen molar-refractivity contribution in [2.75, 3.05) is 0 Å². The number of carbonyl (C=O) groups is 2. The van der Waals surface area contributed by atoms with Crippen molar-refractivity contribution >= 4 is 63.8 Å². The zero-order chi connectivity index (χ0) is 32.4. The average Bonchev–Trinajstić information content (AvgIpc) is 3.45. The van der Waals surface area contributed by atoms with Crippen molar-refractivity contribution in [1.29, 1.82) is 0 Å². The Balaban J connectivity index is 1.20. The molecule has 6 atom stereocenters. The molecule has 3 aliphatic carbocycles. The average molecular weight is 654 g/mol. The summed E-state index contributed by atoms with van der Waals surface area (Å²) in [6.07, 6.45) is 3.76. The third kappa shape index (κ3) is 6.08. The van der Waals surface area contributed by atoms with Crippen LogP contribution in [0.2, 0.25) is 10.0 Å². The predicted octanol–water partition coefficient (Wildman–Crippen LogP) is 8.52. The smallest absolute Gasteiger partial charge is 0.404 e. The summed E-state index contributed by atoms with van der Waals surface area (Å²) in [6.45, 7) is 15.6. The van der Waals surface area contributed by atoms with E-state index in [4.69, 9.17) is 32.5 Å². The molecule has 1 aliphatic heterocycles. The summed E-state index contributed by atoms with van der Waals surface area (Å²) in [7, 11) is -0.492. The second-order valence-electron chi connectivity index (χ2n) is 15.6. The van der Waals surface area contributed by atoms with E-state index in [2.05, 4.69) is 53.8 Å². The van der Waals surface area contributed by atoms with E-state index in [0.717, 1.165) is 34.6 Å². The number of aromatic nitrogens is 1. The number of rotatable bonds is 11. The third-order valence-electron chi connectivity index (χ3n) is 11.1. The minimum atomic E-state index is -0.492. The van der Waals surface area contributed by atoms with Gasteiger partial charge in [0, 0.05) is 44.2 Å². The number of fused-ring (bicyclic) bond motifs is 3. The molecule has 0 unspecified atom stereocenters. The van der Waals surface area contributed by atoms with Crippen molar-refractivity contribution in [2.45, 2.75) is 105 Å². The van der Waals surface area contributed by atoms with E-state index in [1.165, 1.54) is 6.42 Å². The highest BCUT2D eigenvalue weighted by atomic mass is 35.5. The number of carbonyl (C=O) groups excluding carboxylic acids is 2. The summed E-state index contributed by atoms with van der Waals surface area (Å²) in [5, 5.41) is 6.49. The number of hydrogen-bond acceptors (Lipinski definition) is 4. The van der Waals surface area contributed by atoms with Crippen LogP contribution in [-0.4, -0.2) is 41.0 Å². The van der Waals surface area contributed by atoms with Gasteiger partial charge in [-0.3, -0.25) is 9.59 Å². The topological polar surface area (TPSA) is 69.6 Å². The second-order valence-corrected chi connectivity index (χ2v) is 16.4. The third-order valence-corrected chi connectivity index (χ3v) is 11.5. The summed E-state index contributed by atoms with van der Waals surface area (Å²) in [4.78, 5) is 27.8. The van der Waals surface area contributed by atoms with Gasteiger partial charge in [-0.25, -0.2) is 0 Å². The van der Waals surface area contributed by atoms with Crippen molar-refractivity contribution in [3.8, 4) is 0 Å². The van der Waals surface area contributed by atoms with Crippen LogP contribution in [0.4, 0.5) is 0 Å². The molecule has 2 aromatic carbocycles. The lowest BCUT2D eigenvalue weighted by molar-refractivity contribution is -0.199. The monoisotopic (exact) mass is 652 g/mol. The largest absolute Gasteiger partial charge is 0.481 e. The Morgan fingerprint density at radius 2 is 1.56 bits per heavy atom. The zero-order valence-corrected chi connectivity index (χ0v) is 29.2. The minimum Gasteiger partial charge on any atom is -0.404 e. The number of benzene rings is 2. The Bertz CT molecular complexity index is 1560. The molecule has 1 N–H and O–H groups in total. The molecular formula is C36H47BCl2N2O4. The van der Waals surface area contributed by atoms with Crippen LogP contribution in [0.1, 0.15) is 80.6 Å². The summed E-state index contributed by atoms with van der Waals surface area (Å²) in [6, 6.07) is 11.4. The van der Waals surface area contributed by atoms with Gasteiger partial charge in [0.2, 0.25) is 5.91 Å². The molecule has 9 heteroatoms. The standard InChI is InChI=1S/C36H47BCl2N2O4/c1-20(2)12-22(14-26(42)19-41-29-10-8-24(38)17-27(29)28-18-25(39)9-11-30(28)41)34(43)40-33(13-21(3)4)37-44-32-16-23-15-31(35(23,5)6)36(32,7)45-37/h8-11,17-18,20-23,31-33H,12-16,19H2,1-7H3,(H,40,43)/t22-,23+,31+,32-,33+,36+/m1/s1. The molecule has 45 heavy (non-hydrogen) atoms. The molecular weight excluding hydrogens is 606 g/mol. The van der Waals surface area contributed by atoms with E-state index >= 15 is 0 Å². The first-order valence-corrected chi connectivity index (χ1v) is 17.4. The van der Waals surface area contributed by atoms with Crippen LogP contribution in [0.3, 0.4) is 0 Å². The van der Waals surface area contributed by atoms with Gasteiger partial charge in [-0.1, -0.05) is 64.7 Å². The number of halogens is 2. The van der Waals surface area contributed by atoms with Crippen LogP contribution in [0.5, 0.6) is 0 Å². The summed E-state index contributed by atoms with van der Waals surface area (Å²) in [5.41, 5.74) is 1.74. The summed E-state index contributed by atoms with van der Waals surface area (Å²) in [5.74, 6) is 0.885. The SMILES string of the molecule is CC(C)C[C@H](CC(=O)Cn1c2ccc(Cl)cc2c2cc(Cl)ccc21)C(=O)N[C@@H](CC(C)C)B1O[C@@H]2C[C@@H]3C[C@@H](C3(C)C)[C@]2(C)O1. The molecule has 1 amide bonds. The highest BCUT2D eigenvalue weighted by Gasteiger charge is 2.68. The Morgan fingerprint density at radius 3 is 2.11 bits per heavy atom. The van der Waals surface area contributed by atoms with Crippen molar-refractivity contribution in [2.24, 2.45) is 35.0 Å². The van der Waals surface area contributed by atoms with Gasteiger partial charge in [-0.15, -0.1) is 0 Å². The van der Waals surface area contributed by atoms with Crippen LogP contribution in [-0.2, 0) is 25.4 Å². The van der Waals surface area contributed by atoms with E-state index in [9.17, 15) is 9.59 Å². The van der Waals surface area contributed by atoms with E-state index in [-0.39, 0.29) is 53.6 Å². The molecule has 2 heterocycles. The first-order valence-electron chi connectivity index (χ1n) is 16.7. The van der Waals surface area contributed by atoms with E-state index < -0.39 is 13.0 Å². The quantitative estimate of drug-likeness (QED) is 0.211. The molecule has 242 valence electrons. The first kappa shape index (κ1) is 32.9. The summed E-state index contributed by atoms with van der Waals surface area (Å²) >= 11 is 12.7. The molecule has 0 radical (unpaired) electrons. The molecule has 1 aromatic heterocycles. The van der Waals surface area contributed by atoms with Gasteiger partial charge in [0.15, 0.2) is 5.78 Å². The number of nitrogens with zero attached hydrogens (tertiary/aromatic N) is 1. The van der Waals surface area contributed by atoms with Gasteiger partial charge in [0.05, 0.1) is 24.2 Å². The van der Waals surface area contributed by atoms with E-state index in [1.54, 1.807) is 0 Å². The lowest BCUT2D eigenvalue weighted by atomic mass is 9.43. The zero-order valence-electron chi connectivity index (χ0n) is 27.7. The second kappa shape index (κ2) is 12.2. The van der Waals surface area contributed by atoms with Crippen LogP contribution in [0, 0.1) is 35.0 Å². The molecule has 4 aliphatic rings. The van der Waals surface area contributed by atoms with Crippen molar-refractivity contribution in [3.63, 3.8) is 0 Å². The Hall–Kier alpha value is -2.06. The van der Waals surface area contributed by atoms with Gasteiger partial charge in [-0.05, 0) is 98.1 Å². The fourth-order valence-electron chi connectivity index (χ4n) is 8.70. The van der Waals surface area contributed by atoms with Crippen LogP contribution >= 0.6 is 23.2 Å². The molecule has 3 aromatic rings. The number of nitrogens with one attached hydrogen (secondary N) is 1. The normalized spacial score (nSPS) is 26.7. The highest BCUT2D eigenvalue weighted by molar-refractivity contribution is 6.48. The highest BCUT2D eigenvalue weighted by Crippen LogP contribution is 2.65. The van der Waals surface area contributed by atoms with Gasteiger partial charge in [-0.2, -0.15) is 0 Å². The minimum absolute atomic E-state index is 0.00816. The maximum Gasteiger partial charge on any atom is 0.481 e. The lowest BCUT2D eigenvalue weighted by Crippen LogP contribution is -2.65. The molecule has 0 spiro atoms. The summed E-state index contributed by atoms with van der Waals surface area (Å²) < 4.78 is 15.4. The van der Waals surface area contributed by atoms with Crippen molar-refractivity contribution in [3.05, 3.63) is 46.4 Å². The fraction of sp³-hybridized carbons (Fsp3) is 0.611. The molecule has 6 nitrogen and oxygen atoms in total. The van der Waals surface area contributed by atoms with Crippen LogP contribution in [0.25, 0.3) is 21.8 Å². The molecule has 3 saturated carbocycles. The first-order chi connectivity index (χ1) is 21.2. The van der Waals surface area contributed by atoms with Crippen molar-refractivity contribution in [1.82, 2.24) is 9.88 Å². The number of ketones is 1. The maximum absolute atomic E-state index is 14.0. The van der Waals surface area contributed by atoms with Gasteiger partial charge < -0.3 is 19.2 Å². The van der Waals surface area contributed by atoms with Crippen molar-refractivity contribution < 1.29 is 18.9 Å². The number of Topliss-reactive ketones (excluding diaryl/α,β-unsaturated/α-hetero) is 1. The fourth-order valence-corrected chi connectivity index (χ4v) is 9.05. The molecule has 7 rings (SSSR count). The van der Waals surface area contributed by atoms with Crippen LogP contribution in [0.15, 0.2) is 36.4 Å². The number of hydrogen-bond donors (Lipinski definition) is 1. The Labute approximate surface area is 278 Å². The Kier molecular flexibility index (Phi) is 8.91. The predicted molar refractivity (Wildman–Crippen MR) is 184 cm³/mol. The van der Waals surface area contributed by atoms with Gasteiger partial charge in [0.25, 0.3) is 0 Å². The lowest BCUT2D eigenvalue weighted by Gasteiger charge is -2.64. The Morgan fingerprint density at radius 1 is 0.956 bits per heavy atom. The van der Waals surface area contributed by atoms with Gasteiger partial charge in [0.1, 0.15) is 0 Å². The molecule has 1 saturated heterocycles.